The van der Waals surface area contributed by atoms with Gasteiger partial charge in [-0.2, -0.15) is 0 Å². The number of hydrogen-bond donors (Lipinski definition) is 1. The quantitative estimate of drug-likeness (QED) is 0.663. The van der Waals surface area contributed by atoms with Crippen molar-refractivity contribution >= 4 is 5.96 Å². The lowest BCUT2D eigenvalue weighted by molar-refractivity contribution is 0.276. The van der Waals surface area contributed by atoms with E-state index in [2.05, 4.69) is 10.3 Å². The molecule has 2 rings (SSSR count). The lowest BCUT2D eigenvalue weighted by atomic mass is 9.93. The highest BCUT2D eigenvalue weighted by Gasteiger charge is 2.19. The molecule has 0 heterocycles. The molecule has 0 unspecified atom stereocenters. The van der Waals surface area contributed by atoms with Gasteiger partial charge in [0.25, 0.3) is 0 Å². The van der Waals surface area contributed by atoms with Crippen LogP contribution in [0.25, 0.3) is 0 Å². The van der Waals surface area contributed by atoms with Crippen molar-refractivity contribution in [3.63, 3.8) is 0 Å². The summed E-state index contributed by atoms with van der Waals surface area (Å²) in [5, 5.41) is 3.43. The molecule has 0 amide bonds. The Morgan fingerprint density at radius 3 is 2.65 bits per heavy atom. The maximum atomic E-state index is 12.8. The molecule has 1 aliphatic rings. The minimum Gasteiger partial charge on any atom is -0.492 e. The number of benzene rings is 1. The Morgan fingerprint density at radius 2 is 2.10 bits per heavy atom. The Hall–Kier alpha value is -1.78. The zero-order valence-corrected chi connectivity index (χ0v) is 12.1. The molecule has 0 spiro atoms. The Bertz CT molecular complexity index is 443. The van der Waals surface area contributed by atoms with Crippen LogP contribution in [-0.2, 0) is 0 Å². The topological polar surface area (TPSA) is 36.9 Å². The van der Waals surface area contributed by atoms with Gasteiger partial charge < -0.3 is 15.0 Å². The Morgan fingerprint density at radius 1 is 1.40 bits per heavy atom. The van der Waals surface area contributed by atoms with Gasteiger partial charge in [-0.05, 0) is 43.5 Å². The molecule has 1 aliphatic carbocycles. The van der Waals surface area contributed by atoms with E-state index in [1.165, 1.54) is 31.4 Å². The smallest absolute Gasteiger partial charge is 0.193 e. The van der Waals surface area contributed by atoms with E-state index in [-0.39, 0.29) is 5.82 Å². The molecule has 1 saturated carbocycles. The van der Waals surface area contributed by atoms with Crippen LogP contribution in [0.15, 0.2) is 29.3 Å². The summed E-state index contributed by atoms with van der Waals surface area (Å²) in [6, 6.07) is 6.63. The van der Waals surface area contributed by atoms with Crippen LogP contribution in [0.5, 0.6) is 5.75 Å². The third kappa shape index (κ3) is 4.11. The fourth-order valence-electron chi connectivity index (χ4n) is 2.02. The molecule has 4 nitrogen and oxygen atoms in total. The van der Waals surface area contributed by atoms with Crippen molar-refractivity contribution in [1.82, 2.24) is 10.2 Å². The Kier molecular flexibility index (Phi) is 5.21. The van der Waals surface area contributed by atoms with Gasteiger partial charge in [0.1, 0.15) is 18.2 Å². The number of guanidine groups is 1. The second-order valence-electron chi connectivity index (χ2n) is 5.04. The SMILES string of the molecule is CN=C(NC1CCC1)N(C)CCOc1ccc(F)cc1. The van der Waals surface area contributed by atoms with Crippen LogP contribution in [0.1, 0.15) is 19.3 Å². The first-order chi connectivity index (χ1) is 9.69. The summed E-state index contributed by atoms with van der Waals surface area (Å²) in [5.41, 5.74) is 0. The van der Waals surface area contributed by atoms with Crippen molar-refractivity contribution in [3.05, 3.63) is 30.1 Å². The van der Waals surface area contributed by atoms with E-state index in [0.29, 0.717) is 18.4 Å². The normalized spacial score (nSPS) is 15.7. The van der Waals surface area contributed by atoms with E-state index in [0.717, 1.165) is 12.5 Å². The zero-order valence-electron chi connectivity index (χ0n) is 12.1. The second-order valence-corrected chi connectivity index (χ2v) is 5.04. The highest BCUT2D eigenvalue weighted by molar-refractivity contribution is 5.80. The van der Waals surface area contributed by atoms with Crippen LogP contribution in [0, 0.1) is 5.82 Å². The van der Waals surface area contributed by atoms with Crippen molar-refractivity contribution in [2.45, 2.75) is 25.3 Å². The number of rotatable bonds is 5. The molecule has 1 fully saturated rings. The van der Waals surface area contributed by atoms with Crippen molar-refractivity contribution in [3.8, 4) is 5.75 Å². The van der Waals surface area contributed by atoms with Crippen LogP contribution in [0.3, 0.4) is 0 Å². The summed E-state index contributed by atoms with van der Waals surface area (Å²) in [5.74, 6) is 1.33. The van der Waals surface area contributed by atoms with Crippen LogP contribution in [-0.4, -0.2) is 44.1 Å². The third-order valence-corrected chi connectivity index (χ3v) is 3.52. The summed E-state index contributed by atoms with van der Waals surface area (Å²) in [6.07, 6.45) is 3.74. The van der Waals surface area contributed by atoms with Gasteiger partial charge in [-0.1, -0.05) is 0 Å². The number of ether oxygens (including phenoxy) is 1. The second kappa shape index (κ2) is 7.12. The highest BCUT2D eigenvalue weighted by Crippen LogP contribution is 2.18. The van der Waals surface area contributed by atoms with E-state index in [1.54, 1.807) is 19.2 Å². The maximum Gasteiger partial charge on any atom is 0.193 e. The van der Waals surface area contributed by atoms with Crippen LogP contribution in [0.2, 0.25) is 0 Å². The first-order valence-corrected chi connectivity index (χ1v) is 7.02. The molecule has 0 bridgehead atoms. The summed E-state index contributed by atoms with van der Waals surface area (Å²) in [4.78, 5) is 6.32. The van der Waals surface area contributed by atoms with Gasteiger partial charge in [-0.15, -0.1) is 0 Å². The lowest BCUT2D eigenvalue weighted by Gasteiger charge is -2.31. The molecule has 1 N–H and O–H groups in total. The molecule has 0 radical (unpaired) electrons. The van der Waals surface area contributed by atoms with Gasteiger partial charge in [0.05, 0.1) is 6.54 Å². The zero-order chi connectivity index (χ0) is 14.4. The van der Waals surface area contributed by atoms with E-state index in [4.69, 9.17) is 4.74 Å². The van der Waals surface area contributed by atoms with Gasteiger partial charge in [0.15, 0.2) is 5.96 Å². The van der Waals surface area contributed by atoms with E-state index in [9.17, 15) is 4.39 Å². The number of nitrogens with zero attached hydrogens (tertiary/aromatic N) is 2. The number of nitrogens with one attached hydrogen (secondary N) is 1. The monoisotopic (exact) mass is 279 g/mol. The molecule has 0 aromatic heterocycles. The Balaban J connectivity index is 1.72. The largest absolute Gasteiger partial charge is 0.492 e. The van der Waals surface area contributed by atoms with Crippen LogP contribution < -0.4 is 10.1 Å². The predicted molar refractivity (Wildman–Crippen MR) is 78.7 cm³/mol. The number of hydrogen-bond acceptors (Lipinski definition) is 2. The summed E-state index contributed by atoms with van der Waals surface area (Å²) in [6.45, 7) is 1.26. The molecule has 0 atom stereocenters. The average molecular weight is 279 g/mol. The minimum atomic E-state index is -0.250. The standard InChI is InChI=1S/C15H22FN3O/c1-17-15(18-13-4-3-5-13)19(2)10-11-20-14-8-6-12(16)7-9-14/h6-9,13H,3-5,10-11H2,1-2H3,(H,17,18). The minimum absolute atomic E-state index is 0.250. The molecular formula is C15H22FN3O. The van der Waals surface area contributed by atoms with Crippen molar-refractivity contribution in [2.24, 2.45) is 4.99 Å². The third-order valence-electron chi connectivity index (χ3n) is 3.52. The number of aliphatic imine (C=N–C) groups is 1. The van der Waals surface area contributed by atoms with Gasteiger partial charge in [-0.25, -0.2) is 4.39 Å². The predicted octanol–water partition coefficient (Wildman–Crippen LogP) is 2.26. The summed E-state index contributed by atoms with van der Waals surface area (Å²) in [7, 11) is 3.78. The molecule has 20 heavy (non-hydrogen) atoms. The lowest BCUT2D eigenvalue weighted by Crippen LogP contribution is -2.47. The first-order valence-electron chi connectivity index (χ1n) is 7.02. The van der Waals surface area contributed by atoms with Crippen molar-refractivity contribution in [2.75, 3.05) is 27.2 Å². The van der Waals surface area contributed by atoms with Crippen LogP contribution >= 0.6 is 0 Å². The van der Waals surface area contributed by atoms with Gasteiger partial charge >= 0.3 is 0 Å². The first kappa shape index (κ1) is 14.6. The fourth-order valence-corrected chi connectivity index (χ4v) is 2.02. The van der Waals surface area contributed by atoms with E-state index in [1.807, 2.05) is 11.9 Å². The highest BCUT2D eigenvalue weighted by atomic mass is 19.1. The van der Waals surface area contributed by atoms with Gasteiger partial charge in [0.2, 0.25) is 0 Å². The molecule has 0 saturated heterocycles. The molecular weight excluding hydrogens is 257 g/mol. The fraction of sp³-hybridized carbons (Fsp3) is 0.533. The van der Waals surface area contributed by atoms with Crippen molar-refractivity contribution in [1.29, 1.82) is 0 Å². The molecule has 110 valence electrons. The molecule has 5 heteroatoms. The summed E-state index contributed by atoms with van der Waals surface area (Å²) < 4.78 is 18.3. The van der Waals surface area contributed by atoms with Crippen molar-refractivity contribution < 1.29 is 9.13 Å². The van der Waals surface area contributed by atoms with Crippen LogP contribution in [0.4, 0.5) is 4.39 Å². The Labute approximate surface area is 119 Å². The number of likely N-dealkylation sites (N-methyl/N-ethyl adjacent to an activating group) is 1. The molecule has 0 aliphatic heterocycles. The summed E-state index contributed by atoms with van der Waals surface area (Å²) >= 11 is 0. The molecule has 1 aromatic carbocycles. The van der Waals surface area contributed by atoms with Gasteiger partial charge in [-0.3, -0.25) is 4.99 Å². The number of halogens is 1. The maximum absolute atomic E-state index is 12.8. The molecule has 1 aromatic rings. The average Bonchev–Trinajstić information content (AvgIpc) is 2.40. The van der Waals surface area contributed by atoms with E-state index < -0.39 is 0 Å². The van der Waals surface area contributed by atoms with Gasteiger partial charge in [0, 0.05) is 20.1 Å². The van der Waals surface area contributed by atoms with E-state index >= 15 is 0 Å².